The second-order valence-electron chi connectivity index (χ2n) is 4.90. The van der Waals surface area contributed by atoms with Gasteiger partial charge >= 0.3 is 5.91 Å². The van der Waals surface area contributed by atoms with Crippen molar-refractivity contribution in [2.45, 2.75) is 31.6 Å². The average Bonchev–Trinajstić information content (AvgIpc) is 2.95. The maximum absolute atomic E-state index is 11.5. The fraction of sp³-hybridized carbons (Fsp3) is 0.583. The van der Waals surface area contributed by atoms with E-state index in [9.17, 15) is 4.79 Å². The average molecular weight is 251 g/mol. The van der Waals surface area contributed by atoms with E-state index in [2.05, 4.69) is 10.3 Å². The highest BCUT2D eigenvalue weighted by molar-refractivity contribution is 5.92. The number of morpholine rings is 1. The zero-order valence-electron chi connectivity index (χ0n) is 10.1. The number of nitrogens with two attached hydrogens (primary N) is 1. The van der Waals surface area contributed by atoms with Gasteiger partial charge in [0.2, 0.25) is 0 Å². The van der Waals surface area contributed by atoms with Gasteiger partial charge in [0.1, 0.15) is 0 Å². The molecule has 0 saturated carbocycles. The molecule has 3 rings (SSSR count). The van der Waals surface area contributed by atoms with Crippen molar-refractivity contribution in [2.24, 2.45) is 5.84 Å². The molecule has 0 spiro atoms. The van der Waals surface area contributed by atoms with Crippen molar-refractivity contribution in [2.75, 3.05) is 13.1 Å². The Morgan fingerprint density at radius 3 is 2.83 bits per heavy atom. The molecule has 18 heavy (non-hydrogen) atoms. The van der Waals surface area contributed by atoms with Crippen molar-refractivity contribution in [1.29, 1.82) is 0 Å². The van der Waals surface area contributed by atoms with Crippen LogP contribution in [0.15, 0.2) is 16.7 Å². The van der Waals surface area contributed by atoms with E-state index in [0.29, 0.717) is 24.5 Å². The molecule has 2 unspecified atom stereocenters. The summed E-state index contributed by atoms with van der Waals surface area (Å²) in [4.78, 5) is 13.8. The Kier molecular flexibility index (Phi) is 3.07. The molecule has 6 heteroatoms. The first-order chi connectivity index (χ1) is 8.76. The largest absolute Gasteiger partial charge is 0.459 e. The quantitative estimate of drug-likeness (QED) is 0.457. The van der Waals surface area contributed by atoms with Crippen LogP contribution in [0, 0.1) is 0 Å². The lowest BCUT2D eigenvalue weighted by molar-refractivity contribution is -0.0411. The molecule has 1 aromatic rings. The number of likely N-dealkylation sites (tertiary alicyclic amines) is 1. The van der Waals surface area contributed by atoms with Gasteiger partial charge < -0.3 is 9.15 Å². The van der Waals surface area contributed by atoms with Crippen LogP contribution >= 0.6 is 0 Å². The first kappa shape index (κ1) is 11.7. The zero-order valence-corrected chi connectivity index (χ0v) is 10.1. The van der Waals surface area contributed by atoms with E-state index in [1.807, 2.05) is 6.07 Å². The molecular weight excluding hydrogens is 234 g/mol. The Labute approximate surface area is 105 Å². The van der Waals surface area contributed by atoms with E-state index in [-0.39, 0.29) is 5.91 Å². The van der Waals surface area contributed by atoms with Crippen LogP contribution in [0.2, 0.25) is 0 Å². The van der Waals surface area contributed by atoms with Crippen molar-refractivity contribution in [1.82, 2.24) is 10.3 Å². The van der Waals surface area contributed by atoms with Gasteiger partial charge in [-0.25, -0.2) is 5.84 Å². The maximum atomic E-state index is 11.5. The topological polar surface area (TPSA) is 80.7 Å². The van der Waals surface area contributed by atoms with Crippen molar-refractivity contribution >= 4 is 5.91 Å². The van der Waals surface area contributed by atoms with Gasteiger partial charge in [0.05, 0.1) is 18.5 Å². The van der Waals surface area contributed by atoms with Crippen LogP contribution in [-0.2, 0) is 11.3 Å². The number of nitrogens with zero attached hydrogens (tertiary/aromatic N) is 1. The van der Waals surface area contributed by atoms with Crippen LogP contribution in [0.25, 0.3) is 0 Å². The lowest BCUT2D eigenvalue weighted by atomic mass is 10.2. The van der Waals surface area contributed by atoms with E-state index in [4.69, 9.17) is 15.0 Å². The summed E-state index contributed by atoms with van der Waals surface area (Å²) in [5.74, 6) is 5.05. The number of hydrogen-bond acceptors (Lipinski definition) is 5. The van der Waals surface area contributed by atoms with Crippen LogP contribution in [0.3, 0.4) is 0 Å². The molecule has 2 aliphatic rings. The molecule has 2 saturated heterocycles. The summed E-state index contributed by atoms with van der Waals surface area (Å²) in [6, 6.07) is 1.82. The van der Waals surface area contributed by atoms with E-state index in [0.717, 1.165) is 31.5 Å². The number of hydrogen-bond donors (Lipinski definition) is 2. The first-order valence-electron chi connectivity index (χ1n) is 6.21. The summed E-state index contributed by atoms with van der Waals surface area (Å²) in [7, 11) is 0. The number of rotatable bonds is 3. The SMILES string of the molecule is NNC(=O)c1occc1CN1CC2CCC(C1)O2. The lowest BCUT2D eigenvalue weighted by Crippen LogP contribution is -2.42. The number of hydrazine groups is 1. The van der Waals surface area contributed by atoms with Crippen molar-refractivity contribution in [3.8, 4) is 0 Å². The Balaban J connectivity index is 1.69. The normalized spacial score (nSPS) is 27.4. The molecule has 0 aromatic carbocycles. The minimum atomic E-state index is -0.383. The van der Waals surface area contributed by atoms with Gasteiger partial charge in [-0.2, -0.15) is 0 Å². The molecule has 0 aliphatic carbocycles. The standard InChI is InChI=1S/C12H17N3O3/c13-14-12(16)11-8(3-4-17-11)5-15-6-9-1-2-10(7-15)18-9/h3-4,9-10H,1-2,5-7,13H2,(H,14,16). The van der Waals surface area contributed by atoms with Crippen molar-refractivity contribution in [3.05, 3.63) is 23.7 Å². The van der Waals surface area contributed by atoms with Crippen LogP contribution < -0.4 is 11.3 Å². The van der Waals surface area contributed by atoms with Gasteiger partial charge in [-0.3, -0.25) is 15.1 Å². The van der Waals surface area contributed by atoms with Crippen LogP contribution in [0.4, 0.5) is 0 Å². The number of furan rings is 1. The Morgan fingerprint density at radius 2 is 2.17 bits per heavy atom. The van der Waals surface area contributed by atoms with Crippen molar-refractivity contribution in [3.63, 3.8) is 0 Å². The van der Waals surface area contributed by atoms with Gasteiger partial charge in [-0.05, 0) is 18.9 Å². The summed E-state index contributed by atoms with van der Waals surface area (Å²) < 4.78 is 11.0. The van der Waals surface area contributed by atoms with Gasteiger partial charge in [-0.15, -0.1) is 0 Å². The number of ether oxygens (including phenoxy) is 1. The predicted molar refractivity (Wildman–Crippen MR) is 63.5 cm³/mol. The summed E-state index contributed by atoms with van der Waals surface area (Å²) in [5.41, 5.74) is 2.97. The second kappa shape index (κ2) is 4.72. The minimum absolute atomic E-state index is 0.302. The van der Waals surface area contributed by atoms with E-state index in [1.54, 1.807) is 0 Å². The number of carbonyl (C=O) groups is 1. The smallest absolute Gasteiger partial charge is 0.301 e. The molecule has 2 bridgehead atoms. The van der Waals surface area contributed by atoms with Crippen LogP contribution in [-0.4, -0.2) is 36.1 Å². The maximum Gasteiger partial charge on any atom is 0.301 e. The number of fused-ring (bicyclic) bond motifs is 2. The molecule has 3 N–H and O–H groups in total. The number of nitrogens with one attached hydrogen (secondary N) is 1. The minimum Gasteiger partial charge on any atom is -0.459 e. The molecule has 2 atom stereocenters. The van der Waals surface area contributed by atoms with Gasteiger partial charge in [-0.1, -0.05) is 0 Å². The Bertz CT molecular complexity index is 434. The second-order valence-corrected chi connectivity index (χ2v) is 4.90. The zero-order chi connectivity index (χ0) is 12.5. The van der Waals surface area contributed by atoms with Crippen molar-refractivity contribution < 1.29 is 13.9 Å². The summed E-state index contributed by atoms with van der Waals surface area (Å²) in [6.45, 7) is 2.55. The third kappa shape index (κ3) is 2.14. The summed E-state index contributed by atoms with van der Waals surface area (Å²) >= 11 is 0. The number of carbonyl (C=O) groups excluding carboxylic acids is 1. The third-order valence-electron chi connectivity index (χ3n) is 3.60. The van der Waals surface area contributed by atoms with Gasteiger partial charge in [0.15, 0.2) is 5.76 Å². The molecule has 3 heterocycles. The Hall–Kier alpha value is -1.37. The Morgan fingerprint density at radius 1 is 1.44 bits per heavy atom. The summed E-state index contributed by atoms with van der Waals surface area (Å²) in [6.07, 6.45) is 4.50. The van der Waals surface area contributed by atoms with Gasteiger partial charge in [0, 0.05) is 25.2 Å². The fourth-order valence-corrected chi connectivity index (χ4v) is 2.79. The van der Waals surface area contributed by atoms with E-state index < -0.39 is 0 Å². The molecule has 2 fully saturated rings. The highest BCUT2D eigenvalue weighted by Gasteiger charge is 2.34. The predicted octanol–water partition coefficient (Wildman–Crippen LogP) is 0.246. The number of nitrogen functional groups attached to an aromatic ring is 1. The summed E-state index contributed by atoms with van der Waals surface area (Å²) in [5, 5.41) is 0. The molecule has 0 radical (unpaired) electrons. The van der Waals surface area contributed by atoms with Crippen LogP contribution in [0.5, 0.6) is 0 Å². The highest BCUT2D eigenvalue weighted by Crippen LogP contribution is 2.27. The third-order valence-corrected chi connectivity index (χ3v) is 3.60. The first-order valence-corrected chi connectivity index (χ1v) is 6.21. The van der Waals surface area contributed by atoms with E-state index in [1.165, 1.54) is 6.26 Å². The highest BCUT2D eigenvalue weighted by atomic mass is 16.5. The molecule has 2 aliphatic heterocycles. The monoisotopic (exact) mass is 251 g/mol. The van der Waals surface area contributed by atoms with Crippen LogP contribution in [0.1, 0.15) is 29.0 Å². The van der Waals surface area contributed by atoms with Gasteiger partial charge in [0.25, 0.3) is 0 Å². The molecule has 1 amide bonds. The molecule has 98 valence electrons. The fourth-order valence-electron chi connectivity index (χ4n) is 2.79. The number of amides is 1. The lowest BCUT2D eigenvalue weighted by Gasteiger charge is -2.31. The molecular formula is C12H17N3O3. The molecule has 1 aromatic heterocycles. The van der Waals surface area contributed by atoms with E-state index >= 15 is 0 Å². The molecule has 6 nitrogen and oxygen atoms in total.